The Balaban J connectivity index is 3.42. The number of nitrogens with two attached hydrogens (primary N) is 1. The molecule has 4 heteroatoms. The molecule has 0 amide bonds. The van der Waals surface area contributed by atoms with E-state index in [-0.39, 0.29) is 5.75 Å². The van der Waals surface area contributed by atoms with Crippen LogP contribution in [0.1, 0.15) is 31.0 Å². The number of hydrogen-bond donors (Lipinski definition) is 2. The number of aromatic hydroxyl groups is 1. The number of phenolic OH excluding ortho intramolecular Hbond substituents is 1. The van der Waals surface area contributed by atoms with Gasteiger partial charge in [0, 0.05) is 11.6 Å². The molecular weight excluding hydrogens is 197 g/mol. The van der Waals surface area contributed by atoms with Crippen molar-refractivity contribution in [2.75, 3.05) is 7.11 Å². The largest absolute Gasteiger partial charge is 0.504 e. The van der Waals surface area contributed by atoms with E-state index in [2.05, 4.69) is 0 Å². The minimum Gasteiger partial charge on any atom is -0.504 e. The molecule has 0 aromatic heterocycles. The van der Waals surface area contributed by atoms with Crippen molar-refractivity contribution in [1.29, 1.82) is 0 Å². The van der Waals surface area contributed by atoms with Gasteiger partial charge in [0.2, 0.25) is 5.82 Å². The normalized spacial score (nSPS) is 12.6. The molecule has 3 nitrogen and oxygen atoms in total. The third kappa shape index (κ3) is 2.04. The number of rotatable bonds is 3. The molecule has 1 aromatic rings. The first-order valence-corrected chi connectivity index (χ1v) is 4.86. The Morgan fingerprint density at radius 3 is 2.60 bits per heavy atom. The Bertz CT molecular complexity index is 364. The lowest BCUT2D eigenvalue weighted by Gasteiger charge is -2.15. The summed E-state index contributed by atoms with van der Waals surface area (Å²) in [6.07, 6.45) is 0.625. The summed E-state index contributed by atoms with van der Waals surface area (Å²) in [5.41, 5.74) is 6.75. The Hall–Kier alpha value is -1.29. The van der Waals surface area contributed by atoms with Crippen LogP contribution in [0.3, 0.4) is 0 Å². The number of methoxy groups -OCH3 is 1. The van der Waals surface area contributed by atoms with Gasteiger partial charge < -0.3 is 15.6 Å². The number of halogens is 1. The van der Waals surface area contributed by atoms with Gasteiger partial charge in [-0.05, 0) is 25.0 Å². The maximum atomic E-state index is 13.6. The predicted octanol–water partition coefficient (Wildman–Crippen LogP) is 2.12. The summed E-state index contributed by atoms with van der Waals surface area (Å²) in [5.74, 6) is -1.05. The van der Waals surface area contributed by atoms with Crippen LogP contribution in [0.15, 0.2) is 6.07 Å². The Morgan fingerprint density at radius 2 is 2.20 bits per heavy atom. The average Bonchev–Trinajstić information content (AvgIpc) is 2.21. The minimum absolute atomic E-state index is 0.0967. The van der Waals surface area contributed by atoms with E-state index in [1.54, 1.807) is 13.0 Å². The molecule has 3 N–H and O–H groups in total. The zero-order valence-electron chi connectivity index (χ0n) is 9.17. The fourth-order valence-electron chi connectivity index (χ4n) is 1.53. The third-order valence-electron chi connectivity index (χ3n) is 2.38. The summed E-state index contributed by atoms with van der Waals surface area (Å²) >= 11 is 0. The van der Waals surface area contributed by atoms with E-state index in [1.165, 1.54) is 7.11 Å². The van der Waals surface area contributed by atoms with Crippen LogP contribution in [0.2, 0.25) is 0 Å². The van der Waals surface area contributed by atoms with Crippen LogP contribution < -0.4 is 10.5 Å². The predicted molar refractivity (Wildman–Crippen MR) is 56.6 cm³/mol. The molecule has 0 radical (unpaired) electrons. The molecule has 0 aliphatic heterocycles. The van der Waals surface area contributed by atoms with Crippen molar-refractivity contribution >= 4 is 0 Å². The molecule has 1 aromatic carbocycles. The van der Waals surface area contributed by atoms with Gasteiger partial charge in [-0.3, -0.25) is 0 Å². The molecule has 0 bridgehead atoms. The van der Waals surface area contributed by atoms with Crippen molar-refractivity contribution in [3.8, 4) is 11.5 Å². The van der Waals surface area contributed by atoms with Gasteiger partial charge in [-0.15, -0.1) is 0 Å². The van der Waals surface area contributed by atoms with Gasteiger partial charge in [-0.1, -0.05) is 6.92 Å². The maximum Gasteiger partial charge on any atom is 0.207 e. The SMILES string of the molecule is CCc1cc(C(C)N)c(O)c(F)c1OC. The molecule has 0 heterocycles. The number of ether oxygens (including phenoxy) is 1. The van der Waals surface area contributed by atoms with Gasteiger partial charge in [0.1, 0.15) is 0 Å². The molecule has 0 saturated heterocycles. The lowest BCUT2D eigenvalue weighted by Crippen LogP contribution is -2.08. The van der Waals surface area contributed by atoms with Gasteiger partial charge in [0.05, 0.1) is 7.11 Å². The molecule has 0 aliphatic carbocycles. The van der Waals surface area contributed by atoms with Gasteiger partial charge in [-0.2, -0.15) is 4.39 Å². The van der Waals surface area contributed by atoms with E-state index < -0.39 is 17.6 Å². The molecule has 84 valence electrons. The van der Waals surface area contributed by atoms with E-state index in [0.717, 1.165) is 0 Å². The fraction of sp³-hybridized carbons (Fsp3) is 0.455. The maximum absolute atomic E-state index is 13.6. The number of aryl methyl sites for hydroxylation is 1. The van der Waals surface area contributed by atoms with Gasteiger partial charge in [0.25, 0.3) is 0 Å². The highest BCUT2D eigenvalue weighted by molar-refractivity contribution is 5.48. The number of phenols is 1. The highest BCUT2D eigenvalue weighted by Crippen LogP contribution is 2.35. The van der Waals surface area contributed by atoms with Crippen molar-refractivity contribution in [3.63, 3.8) is 0 Å². The molecule has 1 unspecified atom stereocenters. The first-order valence-electron chi connectivity index (χ1n) is 4.86. The average molecular weight is 213 g/mol. The van der Waals surface area contributed by atoms with E-state index in [4.69, 9.17) is 10.5 Å². The summed E-state index contributed by atoms with van der Waals surface area (Å²) in [6.45, 7) is 3.58. The smallest absolute Gasteiger partial charge is 0.207 e. The van der Waals surface area contributed by atoms with Crippen LogP contribution in [-0.4, -0.2) is 12.2 Å². The lowest BCUT2D eigenvalue weighted by molar-refractivity contribution is 0.357. The molecule has 15 heavy (non-hydrogen) atoms. The monoisotopic (exact) mass is 213 g/mol. The van der Waals surface area contributed by atoms with E-state index in [1.807, 2.05) is 6.92 Å². The second-order valence-corrected chi connectivity index (χ2v) is 3.46. The molecular formula is C11H16FNO2. The van der Waals surface area contributed by atoms with Crippen LogP contribution in [0.4, 0.5) is 4.39 Å². The zero-order valence-corrected chi connectivity index (χ0v) is 9.17. The topological polar surface area (TPSA) is 55.5 Å². The van der Waals surface area contributed by atoms with E-state index in [0.29, 0.717) is 17.5 Å². The molecule has 1 rings (SSSR count). The minimum atomic E-state index is -0.732. The first kappa shape index (κ1) is 11.8. The molecule has 0 fully saturated rings. The quantitative estimate of drug-likeness (QED) is 0.808. The molecule has 0 aliphatic rings. The number of benzene rings is 1. The Morgan fingerprint density at radius 1 is 1.60 bits per heavy atom. The van der Waals surface area contributed by atoms with Crippen LogP contribution in [0.5, 0.6) is 11.5 Å². The molecule has 0 spiro atoms. The van der Waals surface area contributed by atoms with Crippen LogP contribution in [0.25, 0.3) is 0 Å². The van der Waals surface area contributed by atoms with Crippen LogP contribution >= 0.6 is 0 Å². The highest BCUT2D eigenvalue weighted by atomic mass is 19.1. The van der Waals surface area contributed by atoms with Crippen LogP contribution in [0, 0.1) is 5.82 Å². The van der Waals surface area contributed by atoms with Gasteiger partial charge in [-0.25, -0.2) is 0 Å². The number of hydrogen-bond acceptors (Lipinski definition) is 3. The fourth-order valence-corrected chi connectivity index (χ4v) is 1.53. The summed E-state index contributed by atoms with van der Waals surface area (Å²) in [5, 5.41) is 9.56. The molecule has 0 saturated carbocycles. The molecule has 1 atom stereocenters. The van der Waals surface area contributed by atoms with E-state index in [9.17, 15) is 9.50 Å². The van der Waals surface area contributed by atoms with Crippen LogP contribution in [-0.2, 0) is 6.42 Å². The van der Waals surface area contributed by atoms with E-state index >= 15 is 0 Å². The van der Waals surface area contributed by atoms with Crippen molar-refractivity contribution < 1.29 is 14.2 Å². The van der Waals surface area contributed by atoms with Gasteiger partial charge in [0.15, 0.2) is 11.5 Å². The Labute approximate surface area is 88.7 Å². The highest BCUT2D eigenvalue weighted by Gasteiger charge is 2.19. The second-order valence-electron chi connectivity index (χ2n) is 3.46. The lowest BCUT2D eigenvalue weighted by atomic mass is 10.0. The summed E-state index contributed by atoms with van der Waals surface area (Å²) in [6, 6.07) is 1.28. The Kier molecular flexibility index (Phi) is 3.52. The zero-order chi connectivity index (χ0) is 11.6. The second kappa shape index (κ2) is 4.49. The summed E-state index contributed by atoms with van der Waals surface area (Å²) in [7, 11) is 1.38. The summed E-state index contributed by atoms with van der Waals surface area (Å²) in [4.78, 5) is 0. The standard InChI is InChI=1S/C11H16FNO2/c1-4-7-5-8(6(2)13)10(14)9(12)11(7)15-3/h5-6,14H,4,13H2,1-3H3. The van der Waals surface area contributed by atoms with Crippen molar-refractivity contribution in [1.82, 2.24) is 0 Å². The van der Waals surface area contributed by atoms with Gasteiger partial charge >= 0.3 is 0 Å². The van der Waals surface area contributed by atoms with Crippen molar-refractivity contribution in [3.05, 3.63) is 23.0 Å². The first-order chi connectivity index (χ1) is 7.02. The third-order valence-corrected chi connectivity index (χ3v) is 2.38. The van der Waals surface area contributed by atoms with Crippen molar-refractivity contribution in [2.45, 2.75) is 26.3 Å². The van der Waals surface area contributed by atoms with Crippen molar-refractivity contribution in [2.24, 2.45) is 5.73 Å². The summed E-state index contributed by atoms with van der Waals surface area (Å²) < 4.78 is 18.5.